The number of likely N-dealkylation sites (N-methyl/N-ethyl adjacent to an activating group) is 1. The second-order valence-corrected chi connectivity index (χ2v) is 5.92. The van der Waals surface area contributed by atoms with E-state index in [1.54, 1.807) is 18.0 Å². The zero-order valence-corrected chi connectivity index (χ0v) is 13.6. The predicted octanol–water partition coefficient (Wildman–Crippen LogP) is 1.70. The minimum Gasteiger partial charge on any atom is -0.480 e. The Morgan fingerprint density at radius 1 is 1.46 bits per heavy atom. The highest BCUT2D eigenvalue weighted by Crippen LogP contribution is 2.11. The summed E-state index contributed by atoms with van der Waals surface area (Å²) < 4.78 is 31.7. The van der Waals surface area contributed by atoms with Crippen molar-refractivity contribution in [3.63, 3.8) is 0 Å². The average molecular weight is 340 g/mol. The maximum atomic E-state index is 13.1. The molecule has 1 unspecified atom stereocenters. The van der Waals surface area contributed by atoms with Crippen LogP contribution in [0.1, 0.15) is 5.56 Å². The summed E-state index contributed by atoms with van der Waals surface area (Å²) in [4.78, 5) is 14.6. The summed E-state index contributed by atoms with van der Waals surface area (Å²) in [5.41, 5.74) is 0.611. The van der Waals surface area contributed by atoms with Crippen LogP contribution >= 0.6 is 0 Å². The van der Waals surface area contributed by atoms with Crippen LogP contribution in [0.25, 0.3) is 6.08 Å². The molecule has 1 heterocycles. The lowest BCUT2D eigenvalue weighted by molar-refractivity contribution is -0.138. The number of morpholine rings is 1. The molecule has 24 heavy (non-hydrogen) atoms. The molecule has 0 aromatic heterocycles. The molecule has 1 N–H and O–H groups in total. The van der Waals surface area contributed by atoms with Crippen LogP contribution in [-0.4, -0.2) is 73.4 Å². The van der Waals surface area contributed by atoms with Gasteiger partial charge in [-0.15, -0.1) is 0 Å². The Hall–Kier alpha value is -1.83. The molecule has 0 aliphatic carbocycles. The van der Waals surface area contributed by atoms with Crippen molar-refractivity contribution in [1.82, 2.24) is 9.80 Å². The summed E-state index contributed by atoms with van der Waals surface area (Å²) in [5.74, 6) is -2.57. The van der Waals surface area contributed by atoms with Crippen LogP contribution in [0.4, 0.5) is 8.78 Å². The third-order valence-electron chi connectivity index (χ3n) is 3.76. The van der Waals surface area contributed by atoms with E-state index in [1.165, 1.54) is 6.07 Å². The van der Waals surface area contributed by atoms with Crippen molar-refractivity contribution in [3.05, 3.63) is 41.5 Å². The molecule has 0 amide bonds. The van der Waals surface area contributed by atoms with Gasteiger partial charge in [-0.1, -0.05) is 18.2 Å². The Bertz CT molecular complexity index is 595. The Morgan fingerprint density at radius 2 is 2.25 bits per heavy atom. The number of hydrogen-bond acceptors (Lipinski definition) is 4. The first-order valence-electron chi connectivity index (χ1n) is 7.80. The summed E-state index contributed by atoms with van der Waals surface area (Å²) in [6.45, 7) is 3.27. The van der Waals surface area contributed by atoms with E-state index in [0.717, 1.165) is 18.7 Å². The van der Waals surface area contributed by atoms with Gasteiger partial charge in [-0.2, -0.15) is 0 Å². The Morgan fingerprint density at radius 3 is 2.96 bits per heavy atom. The standard InChI is InChI=1S/C17H22F2N2O3/c1-20(12-17(22)23)10-14-11-21(7-8-24-14)6-2-3-13-4-5-15(18)16(19)9-13/h2-5,9,14H,6-8,10-12H2,1H3,(H,22,23)/b3-2+. The van der Waals surface area contributed by atoms with Crippen molar-refractivity contribution in [2.24, 2.45) is 0 Å². The maximum absolute atomic E-state index is 13.1. The summed E-state index contributed by atoms with van der Waals surface area (Å²) in [6.07, 6.45) is 3.61. The molecule has 2 rings (SSSR count). The van der Waals surface area contributed by atoms with Gasteiger partial charge in [0.1, 0.15) is 0 Å². The van der Waals surface area contributed by atoms with Gasteiger partial charge in [0.15, 0.2) is 11.6 Å². The maximum Gasteiger partial charge on any atom is 0.317 e. The molecule has 1 aliphatic heterocycles. The van der Waals surface area contributed by atoms with Crippen LogP contribution in [0, 0.1) is 11.6 Å². The zero-order valence-electron chi connectivity index (χ0n) is 13.6. The summed E-state index contributed by atoms with van der Waals surface area (Å²) in [7, 11) is 1.75. The van der Waals surface area contributed by atoms with Crippen LogP contribution in [-0.2, 0) is 9.53 Å². The van der Waals surface area contributed by atoms with E-state index >= 15 is 0 Å². The number of carbonyl (C=O) groups is 1. The number of carboxylic acids is 1. The summed E-state index contributed by atoms with van der Waals surface area (Å²) in [6, 6.07) is 3.80. The number of rotatable bonds is 7. The molecule has 1 aliphatic rings. The van der Waals surface area contributed by atoms with Gasteiger partial charge in [-0.3, -0.25) is 14.6 Å². The van der Waals surface area contributed by atoms with E-state index in [-0.39, 0.29) is 12.6 Å². The van der Waals surface area contributed by atoms with E-state index in [9.17, 15) is 13.6 Å². The summed E-state index contributed by atoms with van der Waals surface area (Å²) >= 11 is 0. The molecule has 0 saturated carbocycles. The van der Waals surface area contributed by atoms with Gasteiger partial charge in [0, 0.05) is 26.2 Å². The fourth-order valence-electron chi connectivity index (χ4n) is 2.65. The molecule has 0 spiro atoms. The van der Waals surface area contributed by atoms with E-state index in [4.69, 9.17) is 9.84 Å². The minimum absolute atomic E-state index is 0.0180. The van der Waals surface area contributed by atoms with Gasteiger partial charge in [0.25, 0.3) is 0 Å². The largest absolute Gasteiger partial charge is 0.480 e. The monoisotopic (exact) mass is 340 g/mol. The van der Waals surface area contributed by atoms with Gasteiger partial charge < -0.3 is 9.84 Å². The highest BCUT2D eigenvalue weighted by molar-refractivity contribution is 5.69. The van der Waals surface area contributed by atoms with Crippen LogP contribution in [0.5, 0.6) is 0 Å². The minimum atomic E-state index is -0.861. The fourth-order valence-corrected chi connectivity index (χ4v) is 2.65. The van der Waals surface area contributed by atoms with E-state index in [1.807, 2.05) is 6.08 Å². The molecule has 1 aromatic carbocycles. The molecule has 0 radical (unpaired) electrons. The lowest BCUT2D eigenvalue weighted by Gasteiger charge is -2.34. The average Bonchev–Trinajstić information content (AvgIpc) is 2.50. The number of aliphatic carboxylic acids is 1. The van der Waals surface area contributed by atoms with E-state index in [0.29, 0.717) is 31.8 Å². The molecule has 132 valence electrons. The molecule has 1 atom stereocenters. The Labute approximate surface area is 140 Å². The first kappa shape index (κ1) is 18.5. The molecular formula is C17H22F2N2O3. The predicted molar refractivity (Wildman–Crippen MR) is 86.7 cm³/mol. The summed E-state index contributed by atoms with van der Waals surface area (Å²) in [5, 5.41) is 8.77. The van der Waals surface area contributed by atoms with Crippen molar-refractivity contribution < 1.29 is 23.4 Å². The topological polar surface area (TPSA) is 53.0 Å². The third-order valence-corrected chi connectivity index (χ3v) is 3.76. The molecule has 1 saturated heterocycles. The second-order valence-electron chi connectivity index (χ2n) is 5.92. The fraction of sp³-hybridized carbons (Fsp3) is 0.471. The van der Waals surface area contributed by atoms with Crippen LogP contribution in [0.15, 0.2) is 24.3 Å². The van der Waals surface area contributed by atoms with Gasteiger partial charge in [-0.25, -0.2) is 8.78 Å². The smallest absolute Gasteiger partial charge is 0.317 e. The molecule has 1 aromatic rings. The molecule has 5 nitrogen and oxygen atoms in total. The number of hydrogen-bond donors (Lipinski definition) is 1. The highest BCUT2D eigenvalue weighted by Gasteiger charge is 2.21. The van der Waals surface area contributed by atoms with Crippen molar-refractivity contribution in [2.75, 3.05) is 46.4 Å². The number of nitrogens with zero attached hydrogens (tertiary/aromatic N) is 2. The Balaban J connectivity index is 1.81. The zero-order chi connectivity index (χ0) is 17.5. The quantitative estimate of drug-likeness (QED) is 0.819. The SMILES string of the molecule is CN(CC(=O)O)CC1CN(C/C=C/c2ccc(F)c(F)c2)CCO1. The first-order valence-corrected chi connectivity index (χ1v) is 7.80. The normalized spacial score (nSPS) is 19.2. The van der Waals surface area contributed by atoms with Gasteiger partial charge >= 0.3 is 5.97 Å². The van der Waals surface area contributed by atoms with Crippen molar-refractivity contribution >= 4 is 12.0 Å². The van der Waals surface area contributed by atoms with Crippen LogP contribution < -0.4 is 0 Å². The highest BCUT2D eigenvalue weighted by atomic mass is 19.2. The van der Waals surface area contributed by atoms with Gasteiger partial charge in [-0.05, 0) is 24.7 Å². The molecule has 1 fully saturated rings. The van der Waals surface area contributed by atoms with Crippen LogP contribution in [0.3, 0.4) is 0 Å². The third kappa shape index (κ3) is 5.99. The van der Waals surface area contributed by atoms with Crippen molar-refractivity contribution in [1.29, 1.82) is 0 Å². The number of carboxylic acid groups (broad SMARTS) is 1. The number of ether oxygens (including phenoxy) is 1. The number of halogens is 2. The molecular weight excluding hydrogens is 318 g/mol. The lowest BCUT2D eigenvalue weighted by atomic mass is 10.2. The van der Waals surface area contributed by atoms with Crippen LogP contribution in [0.2, 0.25) is 0 Å². The van der Waals surface area contributed by atoms with E-state index < -0.39 is 17.6 Å². The van der Waals surface area contributed by atoms with Gasteiger partial charge in [0.2, 0.25) is 0 Å². The molecule has 0 bridgehead atoms. The van der Waals surface area contributed by atoms with Crippen molar-refractivity contribution in [3.8, 4) is 0 Å². The van der Waals surface area contributed by atoms with Crippen molar-refractivity contribution in [2.45, 2.75) is 6.10 Å². The number of benzene rings is 1. The van der Waals surface area contributed by atoms with Gasteiger partial charge in [0.05, 0.1) is 19.3 Å². The Kier molecular flexibility index (Phi) is 6.84. The molecule has 7 heteroatoms. The van der Waals surface area contributed by atoms with E-state index in [2.05, 4.69) is 4.90 Å². The second kappa shape index (κ2) is 8.86. The first-order chi connectivity index (χ1) is 11.4. The lowest BCUT2D eigenvalue weighted by Crippen LogP contribution is -2.47.